The summed E-state index contributed by atoms with van der Waals surface area (Å²) in [5.74, 6) is -0.260. The van der Waals surface area contributed by atoms with Gasteiger partial charge in [0.05, 0.1) is 18.2 Å². The van der Waals surface area contributed by atoms with E-state index >= 15 is 0 Å². The summed E-state index contributed by atoms with van der Waals surface area (Å²) in [4.78, 5) is 27.5. The minimum Gasteiger partial charge on any atom is -0.496 e. The van der Waals surface area contributed by atoms with Crippen molar-refractivity contribution in [1.29, 1.82) is 0 Å². The molecule has 0 spiro atoms. The number of primary amides is 1. The Bertz CT molecular complexity index is 1070. The van der Waals surface area contributed by atoms with Gasteiger partial charge in [0.2, 0.25) is 0 Å². The van der Waals surface area contributed by atoms with Crippen molar-refractivity contribution in [3.05, 3.63) is 59.5 Å². The number of fused-ring (bicyclic) bond motifs is 1. The predicted molar refractivity (Wildman–Crippen MR) is 102 cm³/mol. The summed E-state index contributed by atoms with van der Waals surface area (Å²) in [6.45, 7) is 1.74. The molecule has 0 aliphatic heterocycles. The highest BCUT2D eigenvalue weighted by Crippen LogP contribution is 2.33. The van der Waals surface area contributed by atoms with Gasteiger partial charge in [-0.15, -0.1) is 0 Å². The number of benzene rings is 2. The Balaban J connectivity index is 1.98. The molecule has 0 saturated heterocycles. The Morgan fingerprint density at radius 3 is 2.57 bits per heavy atom. The van der Waals surface area contributed by atoms with Crippen LogP contribution in [0.2, 0.25) is 0 Å². The molecule has 0 aliphatic rings. The molecule has 0 atom stereocenters. The van der Waals surface area contributed by atoms with Crippen LogP contribution >= 0.6 is 0 Å². The highest BCUT2D eigenvalue weighted by molar-refractivity contribution is 6.01. The lowest BCUT2D eigenvalue weighted by Crippen LogP contribution is -2.12. The second-order valence-corrected chi connectivity index (χ2v) is 6.17. The van der Waals surface area contributed by atoms with E-state index in [2.05, 4.69) is 4.98 Å². The van der Waals surface area contributed by atoms with E-state index in [0.717, 1.165) is 0 Å². The Hall–Kier alpha value is -3.48. The minimum absolute atomic E-state index is 0.0411. The van der Waals surface area contributed by atoms with E-state index < -0.39 is 11.7 Å². The third-order valence-corrected chi connectivity index (χ3v) is 4.32. The first-order valence-electron chi connectivity index (χ1n) is 8.67. The number of hydrogen-bond acceptors (Lipinski definition) is 5. The number of carbonyl (C=O) groups excluding carboxylic acids is 2. The Morgan fingerprint density at radius 1 is 1.14 bits per heavy atom. The largest absolute Gasteiger partial charge is 0.496 e. The van der Waals surface area contributed by atoms with Crippen molar-refractivity contribution in [3.63, 3.8) is 0 Å². The van der Waals surface area contributed by atoms with Crippen molar-refractivity contribution < 1.29 is 23.5 Å². The second kappa shape index (κ2) is 8.04. The molecule has 28 heavy (non-hydrogen) atoms. The van der Waals surface area contributed by atoms with Gasteiger partial charge in [0.25, 0.3) is 5.91 Å². The van der Waals surface area contributed by atoms with Crippen molar-refractivity contribution in [2.24, 2.45) is 5.73 Å². The predicted octanol–water partition coefficient (Wildman–Crippen LogP) is 3.80. The van der Waals surface area contributed by atoms with Crippen LogP contribution < -0.4 is 15.2 Å². The Morgan fingerprint density at radius 2 is 1.93 bits per heavy atom. The maximum absolute atomic E-state index is 14.3. The number of methoxy groups -OCH3 is 1. The number of halogens is 1. The SMILES string of the molecule is CCC(=O)Cc1ccc(Oc2ccnc3cc(OC)c(C(N)=O)cc23)cc1F. The molecule has 7 heteroatoms. The van der Waals surface area contributed by atoms with Gasteiger partial charge in [0, 0.05) is 36.6 Å². The number of carbonyl (C=O) groups is 2. The van der Waals surface area contributed by atoms with Crippen molar-refractivity contribution in [2.45, 2.75) is 19.8 Å². The molecule has 1 amide bonds. The maximum atomic E-state index is 14.3. The normalized spacial score (nSPS) is 10.7. The van der Waals surface area contributed by atoms with E-state index in [1.165, 1.54) is 31.5 Å². The molecule has 3 rings (SSSR count). The van der Waals surface area contributed by atoms with Crippen LogP contribution in [-0.4, -0.2) is 23.8 Å². The molecule has 0 fully saturated rings. The second-order valence-electron chi connectivity index (χ2n) is 6.17. The number of aromatic nitrogens is 1. The van der Waals surface area contributed by atoms with Gasteiger partial charge in [-0.1, -0.05) is 13.0 Å². The third kappa shape index (κ3) is 3.93. The summed E-state index contributed by atoms with van der Waals surface area (Å²) in [6, 6.07) is 9.06. The average molecular weight is 382 g/mol. The number of ketones is 1. The van der Waals surface area contributed by atoms with Crippen molar-refractivity contribution in [3.8, 4) is 17.2 Å². The molecule has 0 bridgehead atoms. The van der Waals surface area contributed by atoms with E-state index in [9.17, 15) is 14.0 Å². The van der Waals surface area contributed by atoms with Gasteiger partial charge in [0.1, 0.15) is 28.8 Å². The van der Waals surface area contributed by atoms with Crippen LogP contribution in [0.1, 0.15) is 29.3 Å². The van der Waals surface area contributed by atoms with Gasteiger partial charge in [-0.3, -0.25) is 14.6 Å². The highest BCUT2D eigenvalue weighted by atomic mass is 19.1. The first kappa shape index (κ1) is 19.3. The Kier molecular flexibility index (Phi) is 5.54. The standard InChI is InChI=1S/C21H19FN2O4/c1-3-13(25)8-12-4-5-14(9-17(12)22)28-19-6-7-24-18-11-20(27-2)16(21(23)26)10-15(18)19/h4-7,9-11H,3,8H2,1-2H3,(H2,23,26). The van der Waals surface area contributed by atoms with Crippen molar-refractivity contribution in [1.82, 2.24) is 4.98 Å². The molecule has 0 aliphatic carbocycles. The van der Waals surface area contributed by atoms with E-state index in [1.54, 1.807) is 25.1 Å². The van der Waals surface area contributed by atoms with Crippen LogP contribution in [0.25, 0.3) is 10.9 Å². The maximum Gasteiger partial charge on any atom is 0.252 e. The first-order chi connectivity index (χ1) is 13.4. The van der Waals surface area contributed by atoms with Gasteiger partial charge >= 0.3 is 0 Å². The summed E-state index contributed by atoms with van der Waals surface area (Å²) in [5, 5.41) is 0.530. The molecular weight excluding hydrogens is 363 g/mol. The summed E-state index contributed by atoms with van der Waals surface area (Å²) < 4.78 is 25.3. The van der Waals surface area contributed by atoms with Crippen LogP contribution in [-0.2, 0) is 11.2 Å². The zero-order chi connectivity index (χ0) is 20.3. The number of nitrogens with zero attached hydrogens (tertiary/aromatic N) is 1. The molecule has 6 nitrogen and oxygen atoms in total. The highest BCUT2D eigenvalue weighted by Gasteiger charge is 2.15. The van der Waals surface area contributed by atoms with Crippen LogP contribution in [0.4, 0.5) is 4.39 Å². The minimum atomic E-state index is -0.649. The van der Waals surface area contributed by atoms with Crippen LogP contribution in [0, 0.1) is 5.82 Å². The summed E-state index contributed by atoms with van der Waals surface area (Å²) >= 11 is 0. The van der Waals surface area contributed by atoms with E-state index in [-0.39, 0.29) is 23.5 Å². The number of nitrogens with two attached hydrogens (primary N) is 1. The lowest BCUT2D eigenvalue weighted by molar-refractivity contribution is -0.118. The molecule has 0 saturated carbocycles. The number of ether oxygens (including phenoxy) is 2. The van der Waals surface area contributed by atoms with E-state index in [1.807, 2.05) is 0 Å². The molecule has 1 heterocycles. The number of Topliss-reactive ketones (excluding diaryl/α,β-unsaturated/α-hetero) is 1. The fourth-order valence-electron chi connectivity index (χ4n) is 2.80. The van der Waals surface area contributed by atoms with Gasteiger partial charge < -0.3 is 15.2 Å². The van der Waals surface area contributed by atoms with Gasteiger partial charge in [-0.25, -0.2) is 4.39 Å². The summed E-state index contributed by atoms with van der Waals surface area (Å²) in [5.41, 5.74) is 6.45. The van der Waals surface area contributed by atoms with Crippen molar-refractivity contribution in [2.75, 3.05) is 7.11 Å². The lowest BCUT2D eigenvalue weighted by Gasteiger charge is -2.12. The molecule has 2 N–H and O–H groups in total. The summed E-state index contributed by atoms with van der Waals surface area (Å²) in [7, 11) is 1.43. The Labute approximate surface area is 161 Å². The van der Waals surface area contributed by atoms with E-state index in [4.69, 9.17) is 15.2 Å². The van der Waals surface area contributed by atoms with Crippen molar-refractivity contribution >= 4 is 22.6 Å². The van der Waals surface area contributed by atoms with Crippen LogP contribution in [0.15, 0.2) is 42.6 Å². The zero-order valence-electron chi connectivity index (χ0n) is 15.5. The molecule has 3 aromatic rings. The summed E-state index contributed by atoms with van der Waals surface area (Å²) in [6.07, 6.45) is 1.93. The average Bonchev–Trinajstić information content (AvgIpc) is 2.69. The van der Waals surface area contributed by atoms with E-state index in [0.29, 0.717) is 34.4 Å². The first-order valence-corrected chi connectivity index (χ1v) is 8.67. The van der Waals surface area contributed by atoms with Crippen LogP contribution in [0.3, 0.4) is 0 Å². The molecule has 1 aromatic heterocycles. The van der Waals surface area contributed by atoms with Gasteiger partial charge in [-0.2, -0.15) is 0 Å². The monoisotopic (exact) mass is 382 g/mol. The number of pyridine rings is 1. The fourth-order valence-corrected chi connectivity index (χ4v) is 2.80. The molecule has 0 radical (unpaired) electrons. The molecule has 144 valence electrons. The number of rotatable bonds is 7. The third-order valence-electron chi connectivity index (χ3n) is 4.32. The molecule has 2 aromatic carbocycles. The van der Waals surface area contributed by atoms with Crippen LogP contribution in [0.5, 0.6) is 17.2 Å². The fraction of sp³-hybridized carbons (Fsp3) is 0.190. The lowest BCUT2D eigenvalue weighted by atomic mass is 10.1. The number of amides is 1. The number of hydrogen-bond donors (Lipinski definition) is 1. The zero-order valence-corrected chi connectivity index (χ0v) is 15.5. The molecular formula is C21H19FN2O4. The quantitative estimate of drug-likeness (QED) is 0.671. The smallest absolute Gasteiger partial charge is 0.252 e. The van der Waals surface area contributed by atoms with Gasteiger partial charge in [-0.05, 0) is 23.8 Å². The topological polar surface area (TPSA) is 91.5 Å². The molecule has 0 unspecified atom stereocenters. The van der Waals surface area contributed by atoms with Gasteiger partial charge in [0.15, 0.2) is 0 Å².